The van der Waals surface area contributed by atoms with E-state index in [4.69, 9.17) is 9.05 Å². The summed E-state index contributed by atoms with van der Waals surface area (Å²) in [5, 5.41) is 19.8. The molecule has 6 heterocycles. The number of alkyl halides is 6. The van der Waals surface area contributed by atoms with Gasteiger partial charge in [-0.3, -0.25) is 0 Å². The Kier molecular flexibility index (Phi) is 18.0. The smallest absolute Gasteiger partial charge is 0.406 e. The van der Waals surface area contributed by atoms with Gasteiger partial charge >= 0.3 is 12.7 Å². The molecule has 420 valence electrons. The SMILES string of the molecule is CS(=O)(=O)C1CCNCC1.Cc1nc(-c2cc(-c3ccc(OC(F)(F)F)cc3)no2)nn1Cc1cccc(Br)c1.Cc1nc(-c2cc(-c3ccc(OC(F)(F)F)cc3)no2)nn1Cc1cccc(N2CCC(S(C)(=O)=O)CC2)c1. The molecule has 79 heavy (non-hydrogen) atoms. The van der Waals surface area contributed by atoms with Crippen LogP contribution in [0.4, 0.5) is 32.0 Å². The van der Waals surface area contributed by atoms with Gasteiger partial charge in [-0.05, 0) is 137 Å². The van der Waals surface area contributed by atoms with Crippen molar-refractivity contribution in [1.29, 1.82) is 0 Å². The Balaban J connectivity index is 0.000000181. The maximum Gasteiger partial charge on any atom is 0.573 e. The number of hydrogen-bond acceptors (Lipinski definition) is 16. The number of nitrogens with zero attached hydrogens (tertiary/aromatic N) is 9. The molecule has 2 fully saturated rings. The molecule has 0 spiro atoms. The first kappa shape index (κ1) is 58.1. The van der Waals surface area contributed by atoms with Crippen LogP contribution in [0.15, 0.2) is 123 Å². The van der Waals surface area contributed by atoms with Crippen molar-refractivity contribution in [2.75, 3.05) is 43.6 Å². The second-order valence-electron chi connectivity index (χ2n) is 18.7. The Morgan fingerprint density at radius 2 is 1.04 bits per heavy atom. The van der Waals surface area contributed by atoms with E-state index in [2.05, 4.69) is 72.2 Å². The predicted molar refractivity (Wildman–Crippen MR) is 284 cm³/mol. The monoisotopic (exact) mass is 1200 g/mol. The van der Waals surface area contributed by atoms with Crippen LogP contribution in [0.5, 0.6) is 11.5 Å². The van der Waals surface area contributed by atoms with Gasteiger partial charge in [-0.25, -0.2) is 36.2 Å². The van der Waals surface area contributed by atoms with Gasteiger partial charge in [-0.15, -0.1) is 36.5 Å². The molecule has 27 heteroatoms. The normalized spacial score (nSPS) is 14.7. The molecule has 0 aliphatic carbocycles. The van der Waals surface area contributed by atoms with Gasteiger partial charge < -0.3 is 28.7 Å². The summed E-state index contributed by atoms with van der Waals surface area (Å²) in [5.41, 5.74) is 5.09. The van der Waals surface area contributed by atoms with Crippen molar-refractivity contribution in [3.63, 3.8) is 0 Å². The highest BCUT2D eigenvalue weighted by molar-refractivity contribution is 9.10. The molecule has 0 unspecified atom stereocenters. The number of benzene rings is 4. The zero-order valence-corrected chi connectivity index (χ0v) is 46.1. The van der Waals surface area contributed by atoms with Gasteiger partial charge in [0.15, 0.2) is 0 Å². The second kappa shape index (κ2) is 24.5. The average Bonchev–Trinajstić information content (AvgIpc) is 4.23. The Bertz CT molecular complexity index is 3560. The molecule has 4 aromatic heterocycles. The number of ether oxygens (including phenoxy) is 2. The zero-order valence-electron chi connectivity index (χ0n) is 42.9. The lowest BCUT2D eigenvalue weighted by Gasteiger charge is -2.33. The summed E-state index contributed by atoms with van der Waals surface area (Å²) >= 11 is 3.45. The molecule has 0 bridgehead atoms. The van der Waals surface area contributed by atoms with E-state index in [0.29, 0.717) is 96.4 Å². The van der Waals surface area contributed by atoms with Crippen molar-refractivity contribution >= 4 is 41.3 Å². The molecule has 2 aliphatic heterocycles. The number of rotatable bonds is 13. The summed E-state index contributed by atoms with van der Waals surface area (Å²) in [5.74, 6) is 2.13. The highest BCUT2D eigenvalue weighted by atomic mass is 79.9. The molecule has 0 radical (unpaired) electrons. The van der Waals surface area contributed by atoms with Gasteiger partial charge in [0, 0.05) is 59.0 Å². The molecule has 0 saturated carbocycles. The van der Waals surface area contributed by atoms with E-state index in [0.717, 1.165) is 47.2 Å². The molecule has 2 aliphatic rings. The van der Waals surface area contributed by atoms with Crippen LogP contribution in [0.3, 0.4) is 0 Å². The van der Waals surface area contributed by atoms with E-state index in [1.807, 2.05) is 56.3 Å². The molecule has 2 saturated heterocycles. The van der Waals surface area contributed by atoms with Crippen LogP contribution >= 0.6 is 15.9 Å². The summed E-state index contributed by atoms with van der Waals surface area (Å²) in [6, 6.07) is 29.9. The molecule has 10 rings (SSSR count). The minimum atomic E-state index is -4.76. The maximum absolute atomic E-state index is 12.4. The second-order valence-corrected chi connectivity index (χ2v) is 24.2. The molecule has 18 nitrogen and oxygen atoms in total. The van der Waals surface area contributed by atoms with Gasteiger partial charge in [-0.2, -0.15) is 0 Å². The number of sulfone groups is 2. The van der Waals surface area contributed by atoms with Crippen molar-refractivity contribution in [3.8, 4) is 57.2 Å². The van der Waals surface area contributed by atoms with Gasteiger partial charge in [-0.1, -0.05) is 50.5 Å². The highest BCUT2D eigenvalue weighted by Gasteiger charge is 2.32. The Hall–Kier alpha value is -7.10. The number of aryl methyl sites for hydroxylation is 2. The summed E-state index contributed by atoms with van der Waals surface area (Å²) in [4.78, 5) is 11.1. The van der Waals surface area contributed by atoms with Crippen LogP contribution in [0.2, 0.25) is 0 Å². The number of aromatic nitrogens is 8. The Morgan fingerprint density at radius 3 is 1.46 bits per heavy atom. The number of nitrogens with one attached hydrogen (secondary N) is 1. The van der Waals surface area contributed by atoms with Crippen LogP contribution < -0.4 is 19.7 Å². The van der Waals surface area contributed by atoms with E-state index in [-0.39, 0.29) is 22.0 Å². The maximum atomic E-state index is 12.4. The molecule has 0 atom stereocenters. The van der Waals surface area contributed by atoms with Crippen LogP contribution in [0.25, 0.3) is 45.7 Å². The molecule has 4 aromatic carbocycles. The van der Waals surface area contributed by atoms with Crippen molar-refractivity contribution in [3.05, 3.63) is 136 Å². The Labute approximate surface area is 459 Å². The third kappa shape index (κ3) is 16.5. The Morgan fingerprint density at radius 1 is 0.608 bits per heavy atom. The van der Waals surface area contributed by atoms with E-state index in [1.165, 1.54) is 61.0 Å². The van der Waals surface area contributed by atoms with Crippen molar-refractivity contribution in [1.82, 2.24) is 45.2 Å². The number of anilines is 1. The van der Waals surface area contributed by atoms with Gasteiger partial charge in [0.05, 0.1) is 23.6 Å². The topological polar surface area (TPSA) is 215 Å². The number of piperidine rings is 2. The fourth-order valence-corrected chi connectivity index (χ4v) is 11.2. The first-order valence-electron chi connectivity index (χ1n) is 24.5. The average molecular weight is 1200 g/mol. The van der Waals surface area contributed by atoms with Gasteiger partial charge in [0.25, 0.3) is 0 Å². The lowest BCUT2D eigenvalue weighted by molar-refractivity contribution is -0.275. The minimum absolute atomic E-state index is 0.0891. The molecule has 1 N–H and O–H groups in total. The van der Waals surface area contributed by atoms with Crippen LogP contribution in [-0.2, 0) is 32.8 Å². The summed E-state index contributed by atoms with van der Waals surface area (Å²) < 4.78 is 143. The third-order valence-electron chi connectivity index (χ3n) is 12.7. The van der Waals surface area contributed by atoms with Crippen molar-refractivity contribution in [2.45, 2.75) is 75.8 Å². The predicted octanol–water partition coefficient (Wildman–Crippen LogP) is 10.3. The van der Waals surface area contributed by atoms with E-state index in [9.17, 15) is 43.2 Å². The minimum Gasteiger partial charge on any atom is -0.406 e. The summed E-state index contributed by atoms with van der Waals surface area (Å²) in [6.07, 6.45) is -4.10. The highest BCUT2D eigenvalue weighted by Crippen LogP contribution is 2.31. The molecule has 0 amide bonds. The van der Waals surface area contributed by atoms with E-state index < -0.39 is 32.4 Å². The zero-order chi connectivity index (χ0) is 56.7. The number of hydrogen-bond donors (Lipinski definition) is 1. The van der Waals surface area contributed by atoms with Crippen LogP contribution in [0.1, 0.15) is 48.5 Å². The first-order chi connectivity index (χ1) is 37.3. The van der Waals surface area contributed by atoms with Crippen molar-refractivity contribution < 1.29 is 61.7 Å². The summed E-state index contributed by atoms with van der Waals surface area (Å²) in [7, 11) is -5.79. The largest absolute Gasteiger partial charge is 0.573 e. The summed E-state index contributed by atoms with van der Waals surface area (Å²) in [6.45, 7) is 7.72. The lowest BCUT2D eigenvalue weighted by Crippen LogP contribution is -2.39. The molecular formula is C52H53BrF6N10O8S2. The van der Waals surface area contributed by atoms with Crippen LogP contribution in [-0.4, -0.2) is 119 Å². The quantitative estimate of drug-likeness (QED) is 0.106. The van der Waals surface area contributed by atoms with Gasteiger partial charge in [0.1, 0.15) is 54.2 Å². The van der Waals surface area contributed by atoms with Crippen molar-refractivity contribution in [2.24, 2.45) is 0 Å². The first-order valence-corrected chi connectivity index (χ1v) is 29.2. The fourth-order valence-electron chi connectivity index (χ4n) is 8.63. The van der Waals surface area contributed by atoms with E-state index in [1.54, 1.807) is 21.5 Å². The van der Waals surface area contributed by atoms with Crippen LogP contribution in [0, 0.1) is 13.8 Å². The molecule has 8 aromatic rings. The fraction of sp³-hybridized carbons (Fsp3) is 0.346. The molecular weight excluding hydrogens is 1150 g/mol. The number of halogens is 7. The van der Waals surface area contributed by atoms with E-state index >= 15 is 0 Å². The lowest BCUT2D eigenvalue weighted by atomic mass is 10.1. The van der Waals surface area contributed by atoms with Gasteiger partial charge in [0.2, 0.25) is 23.2 Å². The third-order valence-corrected chi connectivity index (χ3v) is 16.6. The standard InChI is InChI=1S/C26H26F3N5O4S.C20H14BrF3N4O2.C6H13NO2S/c1-17-30-25(24-15-23(32-38-24)19-6-8-21(9-7-19)37-26(27,28)29)31-34(17)16-18-4-3-5-20(14-18)33-12-10-22(11-13-33)39(2,35)36;1-12-25-19(26-28(12)11-13-3-2-4-15(21)9-13)18-10-17(27-30-18)14-5-7-16(8-6-14)29-20(22,23)24;1-10(8,9)6-2-4-7-5-3-6/h3-9,14-15,22H,10-13,16H2,1-2H3;2-10H,11H2,1H3;6-7H,2-5H2,1H3.